The van der Waals surface area contributed by atoms with Crippen LogP contribution in [0.4, 0.5) is 10.1 Å². The molecule has 8 heteroatoms. The lowest BCUT2D eigenvalue weighted by molar-refractivity contribution is -0.118. The fourth-order valence-electron chi connectivity index (χ4n) is 3.77. The number of aliphatic imine (C=N–C) groups is 1. The third-order valence-electron chi connectivity index (χ3n) is 5.45. The van der Waals surface area contributed by atoms with Gasteiger partial charge in [-0.3, -0.25) is 9.79 Å². The Labute approximate surface area is 190 Å². The molecular formula is C25H24FN5O2. The molecule has 2 atom stereocenters. The summed E-state index contributed by atoms with van der Waals surface area (Å²) in [5.41, 5.74) is 13.9. The molecule has 33 heavy (non-hydrogen) atoms. The van der Waals surface area contributed by atoms with Gasteiger partial charge in [-0.25, -0.2) is 4.39 Å². The third-order valence-corrected chi connectivity index (χ3v) is 5.45. The maximum atomic E-state index is 13.1. The smallest absolute Gasteiger partial charge is 0.234 e. The number of amidine groups is 1. The number of nitrogen functional groups attached to an aromatic ring is 1. The number of nitrogens with one attached hydrogen (secondary N) is 2. The Balaban J connectivity index is 1.51. The summed E-state index contributed by atoms with van der Waals surface area (Å²) >= 11 is 0. The number of ether oxygens (including phenoxy) is 1. The van der Waals surface area contributed by atoms with Crippen molar-refractivity contribution in [2.45, 2.75) is 12.5 Å². The fourth-order valence-corrected chi connectivity index (χ4v) is 3.77. The first-order valence-electron chi connectivity index (χ1n) is 10.5. The molecule has 0 aromatic heterocycles. The number of nitrogens with two attached hydrogens (primary N) is 2. The van der Waals surface area contributed by atoms with Crippen LogP contribution in [0.5, 0.6) is 11.5 Å². The molecule has 1 aliphatic rings. The highest BCUT2D eigenvalue weighted by molar-refractivity contribution is 6.25. The van der Waals surface area contributed by atoms with Crippen molar-refractivity contribution in [2.24, 2.45) is 16.6 Å². The van der Waals surface area contributed by atoms with E-state index in [9.17, 15) is 9.18 Å². The number of halogens is 1. The van der Waals surface area contributed by atoms with Gasteiger partial charge in [-0.1, -0.05) is 18.2 Å². The molecule has 0 fully saturated rings. The van der Waals surface area contributed by atoms with E-state index < -0.39 is 11.8 Å². The molecule has 6 N–H and O–H groups in total. The zero-order valence-corrected chi connectivity index (χ0v) is 17.8. The molecule has 1 heterocycles. The van der Waals surface area contributed by atoms with Gasteiger partial charge in [-0.05, 0) is 72.1 Å². The summed E-state index contributed by atoms with van der Waals surface area (Å²) in [5.74, 6) is -0.678. The Kier molecular flexibility index (Phi) is 6.35. The van der Waals surface area contributed by atoms with Gasteiger partial charge in [0.2, 0.25) is 5.91 Å². The van der Waals surface area contributed by atoms with Gasteiger partial charge in [0.25, 0.3) is 0 Å². The van der Waals surface area contributed by atoms with E-state index in [0.29, 0.717) is 41.6 Å². The summed E-state index contributed by atoms with van der Waals surface area (Å²) in [6.45, 7) is 0.489. The van der Waals surface area contributed by atoms with Gasteiger partial charge >= 0.3 is 0 Å². The highest BCUT2D eigenvalue weighted by Gasteiger charge is 2.32. The Hall–Kier alpha value is -4.20. The monoisotopic (exact) mass is 445 g/mol. The van der Waals surface area contributed by atoms with E-state index in [1.165, 1.54) is 24.3 Å². The molecule has 1 aliphatic heterocycles. The Morgan fingerprint density at radius 2 is 1.70 bits per heavy atom. The number of benzene rings is 3. The predicted octanol–water partition coefficient (Wildman–Crippen LogP) is 3.80. The number of carbonyl (C=O) groups is 1. The third kappa shape index (κ3) is 5.01. The fraction of sp³-hybridized carbons (Fsp3) is 0.160. The molecule has 3 aromatic carbocycles. The minimum absolute atomic E-state index is 0.0313. The Morgan fingerprint density at radius 3 is 2.33 bits per heavy atom. The minimum atomic E-state index is -1.03. The van der Waals surface area contributed by atoms with Gasteiger partial charge in [0.05, 0.1) is 11.8 Å². The highest BCUT2D eigenvalue weighted by Crippen LogP contribution is 2.27. The van der Waals surface area contributed by atoms with Crippen LogP contribution in [0.3, 0.4) is 0 Å². The molecule has 1 amide bonds. The van der Waals surface area contributed by atoms with E-state index in [1.54, 1.807) is 24.3 Å². The van der Waals surface area contributed by atoms with Crippen LogP contribution in [-0.4, -0.2) is 24.0 Å². The number of nitrogens with zero attached hydrogens (tertiary/aromatic N) is 1. The van der Waals surface area contributed by atoms with E-state index in [0.717, 1.165) is 5.56 Å². The maximum Gasteiger partial charge on any atom is 0.234 e. The minimum Gasteiger partial charge on any atom is -0.457 e. The number of anilines is 1. The molecule has 2 unspecified atom stereocenters. The lowest BCUT2D eigenvalue weighted by Gasteiger charge is -2.29. The van der Waals surface area contributed by atoms with Gasteiger partial charge in [0.1, 0.15) is 29.1 Å². The van der Waals surface area contributed by atoms with Crippen molar-refractivity contribution in [3.05, 3.63) is 89.7 Å². The van der Waals surface area contributed by atoms with Gasteiger partial charge in [-0.15, -0.1) is 0 Å². The number of para-hydroxylation sites is 1. The number of rotatable bonds is 7. The van der Waals surface area contributed by atoms with Crippen LogP contribution in [0.25, 0.3) is 0 Å². The number of hydrogen-bond acceptors (Lipinski definition) is 6. The van der Waals surface area contributed by atoms with Crippen LogP contribution in [0.1, 0.15) is 23.6 Å². The summed E-state index contributed by atoms with van der Waals surface area (Å²) < 4.78 is 18.8. The Morgan fingerprint density at radius 1 is 1.06 bits per heavy atom. The van der Waals surface area contributed by atoms with Crippen molar-refractivity contribution in [3.63, 3.8) is 0 Å². The van der Waals surface area contributed by atoms with Gasteiger partial charge in [0.15, 0.2) is 0 Å². The molecule has 0 radical (unpaired) electrons. The summed E-state index contributed by atoms with van der Waals surface area (Å²) in [4.78, 5) is 16.8. The molecule has 168 valence electrons. The number of amides is 1. The molecule has 4 rings (SSSR count). The van der Waals surface area contributed by atoms with Crippen LogP contribution < -0.4 is 21.5 Å². The quantitative estimate of drug-likeness (QED) is 0.326. The maximum absolute atomic E-state index is 13.1. The zero-order chi connectivity index (χ0) is 23.4. The topological polar surface area (TPSA) is 127 Å². The van der Waals surface area contributed by atoms with Crippen molar-refractivity contribution in [1.82, 2.24) is 5.32 Å². The Bertz CT molecular complexity index is 1190. The van der Waals surface area contributed by atoms with Crippen molar-refractivity contribution >= 4 is 23.1 Å². The summed E-state index contributed by atoms with van der Waals surface area (Å²) in [6.07, 6.45) is 0.714. The number of carbonyl (C=O) groups excluding carboxylic acids is 1. The van der Waals surface area contributed by atoms with Gasteiger partial charge in [-0.2, -0.15) is 0 Å². The first-order valence-corrected chi connectivity index (χ1v) is 10.5. The van der Waals surface area contributed by atoms with E-state index in [1.807, 2.05) is 24.3 Å². The number of primary amides is 1. The largest absolute Gasteiger partial charge is 0.457 e. The van der Waals surface area contributed by atoms with Crippen molar-refractivity contribution in [2.75, 3.05) is 12.3 Å². The lowest BCUT2D eigenvalue weighted by atomic mass is 9.92. The normalized spacial score (nSPS) is 16.3. The average molecular weight is 445 g/mol. The number of hydrogen-bond donors (Lipinski definition) is 4. The molecule has 0 bridgehead atoms. The molecule has 0 saturated heterocycles. The van der Waals surface area contributed by atoms with Crippen LogP contribution in [0.15, 0.2) is 77.8 Å². The van der Waals surface area contributed by atoms with E-state index in [-0.39, 0.29) is 17.6 Å². The second-order valence-corrected chi connectivity index (χ2v) is 7.71. The second-order valence-electron chi connectivity index (χ2n) is 7.71. The second kappa shape index (κ2) is 9.52. The lowest BCUT2D eigenvalue weighted by Crippen LogP contribution is -2.46. The van der Waals surface area contributed by atoms with Crippen molar-refractivity contribution in [1.29, 1.82) is 5.41 Å². The summed E-state index contributed by atoms with van der Waals surface area (Å²) in [5, 5.41) is 11.9. The molecule has 0 spiro atoms. The van der Waals surface area contributed by atoms with Crippen molar-refractivity contribution in [3.8, 4) is 11.5 Å². The zero-order valence-electron chi connectivity index (χ0n) is 17.8. The molecule has 0 aliphatic carbocycles. The molecular weight excluding hydrogens is 421 g/mol. The molecule has 0 saturated carbocycles. The summed E-state index contributed by atoms with van der Waals surface area (Å²) in [7, 11) is 0. The van der Waals surface area contributed by atoms with Crippen molar-refractivity contribution < 1.29 is 13.9 Å². The van der Waals surface area contributed by atoms with Crippen LogP contribution >= 0.6 is 0 Å². The predicted molar refractivity (Wildman–Crippen MR) is 126 cm³/mol. The van der Waals surface area contributed by atoms with Gasteiger partial charge < -0.3 is 26.9 Å². The molecule has 3 aromatic rings. The first kappa shape index (κ1) is 22.0. The van der Waals surface area contributed by atoms with E-state index in [4.69, 9.17) is 21.6 Å². The highest BCUT2D eigenvalue weighted by atomic mass is 19.1. The average Bonchev–Trinajstić information content (AvgIpc) is 2.81. The van der Waals surface area contributed by atoms with Gasteiger partial charge in [0, 0.05) is 12.2 Å². The SMILES string of the molecule is N=C(c1ccc(Oc2ccc(F)cc2)cc1)C(C(N)=O)C1=NCCC(c2ccccc2N)N1. The standard InChI is InChI=1S/C25H24FN5O2/c26-16-7-11-18(12-8-16)33-17-9-5-15(6-10-17)23(28)22(24(29)32)25-30-14-13-21(31-25)19-3-1-2-4-20(19)27/h1-12,21-22,28H,13-14,27H2,(H2,29,32)(H,30,31). The summed E-state index contributed by atoms with van der Waals surface area (Å²) in [6, 6.07) is 19.8. The van der Waals surface area contributed by atoms with E-state index >= 15 is 0 Å². The van der Waals surface area contributed by atoms with E-state index in [2.05, 4.69) is 10.3 Å². The van der Waals surface area contributed by atoms with Crippen LogP contribution in [0, 0.1) is 17.1 Å². The molecule has 7 nitrogen and oxygen atoms in total. The first-order chi connectivity index (χ1) is 15.9. The van der Waals surface area contributed by atoms with Crippen LogP contribution in [-0.2, 0) is 4.79 Å². The van der Waals surface area contributed by atoms with Crippen LogP contribution in [0.2, 0.25) is 0 Å².